The molecule has 1 amide bonds. The van der Waals surface area contributed by atoms with E-state index in [4.69, 9.17) is 14.0 Å². The Morgan fingerprint density at radius 1 is 1.13 bits per heavy atom. The first-order valence-electron chi connectivity index (χ1n) is 8.00. The van der Waals surface area contributed by atoms with E-state index >= 15 is 0 Å². The minimum Gasteiger partial charge on any atom is -0.398 e. The maximum atomic E-state index is 12.5. The number of hydrogen-bond donors (Lipinski definition) is 0. The summed E-state index contributed by atoms with van der Waals surface area (Å²) < 4.78 is 17.3. The Balaban J connectivity index is 1.79. The standard InChI is InChI=1S/C16H23BN2O4/c1-15(2)16(3,4)23-17(22-15)13-7-5-6-12(18-13)14(20)19-8-10-21-11-9-19/h5-7H,8-11H2,1-4H3. The Kier molecular flexibility index (Phi) is 4.20. The normalized spacial score (nSPS) is 23.1. The Labute approximate surface area is 137 Å². The molecule has 2 fully saturated rings. The van der Waals surface area contributed by atoms with Gasteiger partial charge in [0.05, 0.1) is 30.0 Å². The van der Waals surface area contributed by atoms with Gasteiger partial charge in [0.2, 0.25) is 0 Å². The van der Waals surface area contributed by atoms with Crippen LogP contribution in [0.5, 0.6) is 0 Å². The third-order valence-corrected chi connectivity index (χ3v) is 4.78. The van der Waals surface area contributed by atoms with Crippen molar-refractivity contribution in [1.82, 2.24) is 9.88 Å². The SMILES string of the molecule is CC1(C)OB(c2cccc(C(=O)N3CCOCC3)n2)OC1(C)C. The highest BCUT2D eigenvalue weighted by molar-refractivity contribution is 6.61. The van der Waals surface area contributed by atoms with Gasteiger partial charge in [-0.3, -0.25) is 9.78 Å². The van der Waals surface area contributed by atoms with Gasteiger partial charge in [-0.1, -0.05) is 6.07 Å². The molecule has 3 rings (SSSR count). The predicted molar refractivity (Wildman–Crippen MR) is 86.7 cm³/mol. The molecule has 0 N–H and O–H groups in total. The van der Waals surface area contributed by atoms with Crippen LogP contribution >= 0.6 is 0 Å². The number of ether oxygens (including phenoxy) is 1. The van der Waals surface area contributed by atoms with Gasteiger partial charge in [0.15, 0.2) is 0 Å². The van der Waals surface area contributed by atoms with E-state index < -0.39 is 18.3 Å². The topological polar surface area (TPSA) is 60.9 Å². The molecule has 0 aromatic carbocycles. The number of carbonyl (C=O) groups is 1. The smallest absolute Gasteiger partial charge is 0.398 e. The Bertz CT molecular complexity index is 583. The zero-order chi connectivity index (χ0) is 16.7. The van der Waals surface area contributed by atoms with Crippen LogP contribution < -0.4 is 5.59 Å². The molecule has 0 spiro atoms. The summed E-state index contributed by atoms with van der Waals surface area (Å²) >= 11 is 0. The lowest BCUT2D eigenvalue weighted by Crippen LogP contribution is -2.42. The summed E-state index contributed by atoms with van der Waals surface area (Å²) in [5.74, 6) is -0.0772. The average Bonchev–Trinajstić information content (AvgIpc) is 2.76. The molecule has 2 aliphatic rings. The van der Waals surface area contributed by atoms with Gasteiger partial charge in [-0.2, -0.15) is 0 Å². The number of hydrogen-bond acceptors (Lipinski definition) is 5. The Morgan fingerprint density at radius 3 is 2.35 bits per heavy atom. The monoisotopic (exact) mass is 318 g/mol. The quantitative estimate of drug-likeness (QED) is 0.757. The molecule has 1 aromatic rings. The summed E-state index contributed by atoms with van der Waals surface area (Å²) in [4.78, 5) is 18.8. The lowest BCUT2D eigenvalue weighted by atomic mass is 9.84. The number of morpholine rings is 1. The van der Waals surface area contributed by atoms with Crippen LogP contribution in [-0.2, 0) is 14.0 Å². The van der Waals surface area contributed by atoms with Gasteiger partial charge in [-0.25, -0.2) is 0 Å². The zero-order valence-corrected chi connectivity index (χ0v) is 14.2. The Hall–Kier alpha value is -1.44. The Morgan fingerprint density at radius 2 is 1.74 bits per heavy atom. The number of aromatic nitrogens is 1. The molecule has 3 heterocycles. The van der Waals surface area contributed by atoms with E-state index in [0.29, 0.717) is 37.6 Å². The first-order chi connectivity index (χ1) is 10.8. The van der Waals surface area contributed by atoms with E-state index in [1.807, 2.05) is 39.8 Å². The van der Waals surface area contributed by atoms with Crippen molar-refractivity contribution in [3.05, 3.63) is 23.9 Å². The number of pyridine rings is 1. The molecule has 0 radical (unpaired) electrons. The molecule has 0 aliphatic carbocycles. The third kappa shape index (κ3) is 3.13. The maximum Gasteiger partial charge on any atom is 0.514 e. The predicted octanol–water partition coefficient (Wildman–Crippen LogP) is 0.853. The van der Waals surface area contributed by atoms with Crippen LogP contribution in [0.15, 0.2) is 18.2 Å². The molecule has 7 heteroatoms. The largest absolute Gasteiger partial charge is 0.514 e. The molecular formula is C16H23BN2O4. The highest BCUT2D eigenvalue weighted by Crippen LogP contribution is 2.36. The van der Waals surface area contributed by atoms with Gasteiger partial charge in [0, 0.05) is 13.1 Å². The molecule has 0 bridgehead atoms. The molecular weight excluding hydrogens is 295 g/mol. The van der Waals surface area contributed by atoms with Crippen LogP contribution in [0, 0.1) is 0 Å². The van der Waals surface area contributed by atoms with Crippen molar-refractivity contribution in [2.45, 2.75) is 38.9 Å². The van der Waals surface area contributed by atoms with E-state index in [2.05, 4.69) is 4.98 Å². The summed E-state index contributed by atoms with van der Waals surface area (Å²) in [7, 11) is -0.558. The van der Waals surface area contributed by atoms with Gasteiger partial charge in [-0.15, -0.1) is 0 Å². The molecule has 124 valence electrons. The fraction of sp³-hybridized carbons (Fsp3) is 0.625. The first-order valence-corrected chi connectivity index (χ1v) is 8.00. The van der Waals surface area contributed by atoms with Crippen molar-refractivity contribution in [3.8, 4) is 0 Å². The highest BCUT2D eigenvalue weighted by Gasteiger charge is 2.52. The average molecular weight is 318 g/mol. The van der Waals surface area contributed by atoms with E-state index in [1.165, 1.54) is 0 Å². The van der Waals surface area contributed by atoms with E-state index in [0.717, 1.165) is 0 Å². The number of nitrogens with zero attached hydrogens (tertiary/aromatic N) is 2. The maximum absolute atomic E-state index is 12.5. The van der Waals surface area contributed by atoms with Crippen molar-refractivity contribution in [3.63, 3.8) is 0 Å². The molecule has 0 atom stereocenters. The molecule has 0 saturated carbocycles. The summed E-state index contributed by atoms with van der Waals surface area (Å²) in [5.41, 5.74) is 0.189. The van der Waals surface area contributed by atoms with Crippen molar-refractivity contribution in [2.75, 3.05) is 26.3 Å². The van der Waals surface area contributed by atoms with Gasteiger partial charge in [-0.05, 0) is 39.8 Å². The van der Waals surface area contributed by atoms with Crippen molar-refractivity contribution in [1.29, 1.82) is 0 Å². The highest BCUT2D eigenvalue weighted by atomic mass is 16.7. The van der Waals surface area contributed by atoms with E-state index in [1.54, 1.807) is 11.0 Å². The molecule has 6 nitrogen and oxygen atoms in total. The number of rotatable bonds is 2. The summed E-state index contributed by atoms with van der Waals surface area (Å²) in [6, 6.07) is 5.38. The second kappa shape index (κ2) is 5.89. The second-order valence-corrected chi connectivity index (χ2v) is 6.94. The molecule has 23 heavy (non-hydrogen) atoms. The minimum atomic E-state index is -0.558. The second-order valence-electron chi connectivity index (χ2n) is 6.94. The van der Waals surface area contributed by atoms with Crippen molar-refractivity contribution >= 4 is 18.6 Å². The van der Waals surface area contributed by atoms with E-state index in [-0.39, 0.29) is 5.91 Å². The first kappa shape index (κ1) is 16.4. The van der Waals surface area contributed by atoms with E-state index in [9.17, 15) is 4.79 Å². The van der Waals surface area contributed by atoms with Crippen LogP contribution in [0.25, 0.3) is 0 Å². The fourth-order valence-electron chi connectivity index (χ4n) is 2.59. The van der Waals surface area contributed by atoms with Crippen LogP contribution in [0.2, 0.25) is 0 Å². The minimum absolute atomic E-state index is 0.0772. The van der Waals surface area contributed by atoms with Crippen LogP contribution in [0.1, 0.15) is 38.2 Å². The lowest BCUT2D eigenvalue weighted by molar-refractivity contribution is 0.00578. The van der Waals surface area contributed by atoms with Crippen LogP contribution in [0.4, 0.5) is 0 Å². The summed E-state index contributed by atoms with van der Waals surface area (Å²) in [6.45, 7) is 10.3. The number of carbonyl (C=O) groups excluding carboxylic acids is 1. The third-order valence-electron chi connectivity index (χ3n) is 4.78. The zero-order valence-electron chi connectivity index (χ0n) is 14.2. The van der Waals surface area contributed by atoms with Gasteiger partial charge in [0.1, 0.15) is 5.69 Å². The molecule has 1 aromatic heterocycles. The molecule has 0 unspecified atom stereocenters. The molecule has 2 saturated heterocycles. The fourth-order valence-corrected chi connectivity index (χ4v) is 2.59. The van der Waals surface area contributed by atoms with Crippen molar-refractivity contribution in [2.24, 2.45) is 0 Å². The van der Waals surface area contributed by atoms with Gasteiger partial charge < -0.3 is 18.9 Å². The van der Waals surface area contributed by atoms with Gasteiger partial charge in [0.25, 0.3) is 5.91 Å². The van der Waals surface area contributed by atoms with Gasteiger partial charge >= 0.3 is 7.12 Å². The summed E-state index contributed by atoms with van der Waals surface area (Å²) in [5, 5.41) is 0. The lowest BCUT2D eigenvalue weighted by Gasteiger charge is -2.32. The van der Waals surface area contributed by atoms with Crippen LogP contribution in [0.3, 0.4) is 0 Å². The van der Waals surface area contributed by atoms with Crippen LogP contribution in [-0.4, -0.2) is 60.4 Å². The number of amides is 1. The van der Waals surface area contributed by atoms with Crippen molar-refractivity contribution < 1.29 is 18.8 Å². The molecule has 2 aliphatic heterocycles. The summed E-state index contributed by atoms with van der Waals surface area (Å²) in [6.07, 6.45) is 0.